The highest BCUT2D eigenvalue weighted by atomic mass is 79.9. The molecule has 3 N–H and O–H groups in total. The van der Waals surface area contributed by atoms with Gasteiger partial charge in [0.2, 0.25) is 23.6 Å². The van der Waals surface area contributed by atoms with Crippen LogP contribution in [0.1, 0.15) is 127 Å². The molecule has 0 atom stereocenters. The highest BCUT2D eigenvalue weighted by Gasteiger charge is 2.62. The van der Waals surface area contributed by atoms with Crippen molar-refractivity contribution >= 4 is 119 Å². The molecule has 4 spiro atoms. The standard InChI is InChI=1S/C25H31BrN4O4.C20H27BrN2O5.C14H15BrN2O3.C14H16N2O3/c1-2-34-24(33)28-15-25(16-28)18-13-17(26)9-10-20(18)30(23(25)32)14-22-27-19-7-3-4-8-21(19)29(22)11-5-6-12-31;1-5-26-17(27-6-2)10-23-16-8-7-14(21)9-15(16)20(18(23)24)11-22(12-20)19(25)28-13(3)4;1-8(2)20-13(19)17-6-14(7-17)10-5-9(15)3-4-11(10)16-12(14)18;1-9(2)19-13(18)16-7-14(8-16)10-5-3-4-6-11(10)15-12(14)17/h9-10,13,31H,2-8,11-12,14-16H2,1H3;7-9,13,17H,5-6,10-12H2,1-4H3;3-5,8H,6-7H2,1-2H3,(H,16,18);3-6,9H,7-8H2,1-2H3,(H,15,17). The number of aliphatic hydroxyl groups is 1. The quantitative estimate of drug-likeness (QED) is 0.0470. The Hall–Kier alpha value is -7.63. The van der Waals surface area contributed by atoms with Crippen LogP contribution < -0.4 is 20.4 Å². The summed E-state index contributed by atoms with van der Waals surface area (Å²) in [6.45, 7) is 22.2. The Morgan fingerprint density at radius 3 is 1.49 bits per heavy atom. The molecule has 0 bridgehead atoms. The van der Waals surface area contributed by atoms with E-state index in [1.54, 1.807) is 31.4 Å². The van der Waals surface area contributed by atoms with Crippen molar-refractivity contribution < 1.29 is 71.9 Å². The van der Waals surface area contributed by atoms with Crippen LogP contribution in [0.3, 0.4) is 0 Å². The van der Waals surface area contributed by atoms with Gasteiger partial charge >= 0.3 is 24.4 Å². The summed E-state index contributed by atoms with van der Waals surface area (Å²) >= 11 is 10.5. The highest BCUT2D eigenvalue weighted by molar-refractivity contribution is 9.11. The molecule has 9 aliphatic rings. The second kappa shape index (κ2) is 30.7. The molecule has 25 nitrogen and oxygen atoms in total. The third-order valence-electron chi connectivity index (χ3n) is 19.6. The van der Waals surface area contributed by atoms with E-state index in [2.05, 4.69) is 63.0 Å². The number of rotatable bonds is 16. The topological polar surface area (TPSA) is 273 Å². The summed E-state index contributed by atoms with van der Waals surface area (Å²) < 4.78 is 37.0. The molecule has 14 rings (SSSR count). The molecule has 542 valence electrons. The fourth-order valence-corrected chi connectivity index (χ4v) is 15.9. The van der Waals surface area contributed by atoms with Crippen molar-refractivity contribution in [2.45, 2.75) is 160 Å². The fraction of sp³-hybridized carbons (Fsp3) is 0.521. The molecule has 8 amide bonds. The molecule has 1 aliphatic carbocycles. The predicted molar refractivity (Wildman–Crippen MR) is 387 cm³/mol. The van der Waals surface area contributed by atoms with Gasteiger partial charge in [0.25, 0.3) is 0 Å². The molecule has 4 fully saturated rings. The van der Waals surface area contributed by atoms with Crippen molar-refractivity contribution in [3.63, 3.8) is 0 Å². The number of nitrogens with one attached hydrogen (secondary N) is 2. The molecule has 4 saturated heterocycles. The average molecular weight is 1590 g/mol. The van der Waals surface area contributed by atoms with Crippen LogP contribution in [0.4, 0.5) is 41.9 Å². The maximum atomic E-state index is 13.9. The maximum Gasteiger partial charge on any atom is 0.410 e. The number of ether oxygens (including phenoxy) is 6. The van der Waals surface area contributed by atoms with E-state index >= 15 is 0 Å². The highest BCUT2D eigenvalue weighted by Crippen LogP contribution is 2.52. The number of amides is 8. The van der Waals surface area contributed by atoms with Crippen LogP contribution in [0.25, 0.3) is 0 Å². The van der Waals surface area contributed by atoms with Crippen molar-refractivity contribution in [2.24, 2.45) is 0 Å². The number of hydrogen-bond donors (Lipinski definition) is 3. The number of halogens is 3. The minimum absolute atomic E-state index is 0.0176. The van der Waals surface area contributed by atoms with Gasteiger partial charge in [-0.2, -0.15) is 0 Å². The van der Waals surface area contributed by atoms with E-state index in [1.165, 1.54) is 5.69 Å². The van der Waals surface area contributed by atoms with E-state index in [0.29, 0.717) is 85.3 Å². The number of likely N-dealkylation sites (tertiary alicyclic amines) is 4. The van der Waals surface area contributed by atoms with Crippen molar-refractivity contribution in [1.82, 2.24) is 29.2 Å². The molecule has 1 aromatic heterocycles. The van der Waals surface area contributed by atoms with Gasteiger partial charge in [-0.1, -0.05) is 66.0 Å². The first-order valence-electron chi connectivity index (χ1n) is 34.7. The van der Waals surface area contributed by atoms with Gasteiger partial charge in [-0.25, -0.2) is 24.2 Å². The molecular weight excluding hydrogens is 1500 g/mol. The summed E-state index contributed by atoms with van der Waals surface area (Å²) in [4.78, 5) is 115. The van der Waals surface area contributed by atoms with Crippen LogP contribution in [0, 0.1) is 0 Å². The molecule has 0 radical (unpaired) electrons. The lowest BCUT2D eigenvalue weighted by atomic mass is 9.75. The van der Waals surface area contributed by atoms with E-state index in [-0.39, 0.29) is 72.9 Å². The van der Waals surface area contributed by atoms with Gasteiger partial charge in [0.15, 0.2) is 6.29 Å². The summed E-state index contributed by atoms with van der Waals surface area (Å²) in [7, 11) is 0. The molecule has 8 aliphatic heterocycles. The molecule has 4 aromatic carbocycles. The Kier molecular flexibility index (Phi) is 22.7. The first-order valence-corrected chi connectivity index (χ1v) is 37.1. The van der Waals surface area contributed by atoms with E-state index in [1.807, 2.05) is 139 Å². The van der Waals surface area contributed by atoms with Crippen molar-refractivity contribution in [3.05, 3.63) is 132 Å². The van der Waals surface area contributed by atoms with Crippen LogP contribution in [0.2, 0.25) is 0 Å². The van der Waals surface area contributed by atoms with E-state index < -0.39 is 27.9 Å². The third kappa shape index (κ3) is 14.6. The summed E-state index contributed by atoms with van der Waals surface area (Å²) in [6.07, 6.45) is 3.46. The Labute approximate surface area is 613 Å². The molecule has 0 unspecified atom stereocenters. The van der Waals surface area contributed by atoms with Crippen molar-refractivity contribution in [2.75, 3.05) is 106 Å². The van der Waals surface area contributed by atoms with Gasteiger partial charge in [-0.15, -0.1) is 0 Å². The molecule has 9 heterocycles. The zero-order valence-corrected chi connectivity index (χ0v) is 63.3. The number of hydrogen-bond acceptors (Lipinski definition) is 16. The van der Waals surface area contributed by atoms with Gasteiger partial charge in [0.1, 0.15) is 27.5 Å². The number of nitrogens with zero attached hydrogens (tertiary/aromatic N) is 8. The fourth-order valence-electron chi connectivity index (χ4n) is 14.8. The number of fused-ring (bicyclic) bond motifs is 9. The number of para-hydroxylation sites is 1. The summed E-state index contributed by atoms with van der Waals surface area (Å²) in [6, 6.07) is 25.1. The van der Waals surface area contributed by atoms with Crippen LogP contribution in [-0.4, -0.2) is 192 Å². The Morgan fingerprint density at radius 1 is 0.535 bits per heavy atom. The lowest BCUT2D eigenvalue weighted by Crippen LogP contribution is -2.65. The number of carbonyl (C=O) groups excluding carboxylic acids is 8. The molecule has 5 aromatic rings. The van der Waals surface area contributed by atoms with E-state index in [0.717, 1.165) is 115 Å². The zero-order chi connectivity index (χ0) is 72.5. The first-order chi connectivity index (χ1) is 48.2. The normalized spacial score (nSPS) is 18.3. The summed E-state index contributed by atoms with van der Waals surface area (Å²) in [5, 5.41) is 15.0. The number of carbonyl (C=O) groups is 8. The monoisotopic (exact) mass is 1580 g/mol. The molecular formula is C73H89Br3N10O15. The van der Waals surface area contributed by atoms with Gasteiger partial charge in [-0.05, 0) is 184 Å². The van der Waals surface area contributed by atoms with Crippen molar-refractivity contribution in [3.8, 4) is 0 Å². The lowest BCUT2D eigenvalue weighted by Gasteiger charge is -2.46. The number of aliphatic hydroxyl groups excluding tert-OH is 1. The van der Waals surface area contributed by atoms with Gasteiger partial charge < -0.3 is 78.1 Å². The molecule has 28 heteroatoms. The van der Waals surface area contributed by atoms with Crippen molar-refractivity contribution in [1.29, 1.82) is 0 Å². The van der Waals surface area contributed by atoms with Gasteiger partial charge in [0, 0.05) is 121 Å². The molecule has 0 saturated carbocycles. The number of unbranched alkanes of at least 4 members (excludes halogenated alkanes) is 1. The smallest absolute Gasteiger partial charge is 0.410 e. The summed E-state index contributed by atoms with van der Waals surface area (Å²) in [5.74, 6) is 0.829. The molecule has 101 heavy (non-hydrogen) atoms. The first kappa shape index (κ1) is 74.6. The Balaban J connectivity index is 0.000000139. The SMILES string of the molecule is CC(C)OC(=O)N1CC2(C1)C(=O)Nc1ccc(Br)cc12.CC(C)OC(=O)N1CC2(C1)C(=O)Nc1ccccc12.CCOC(=O)N1CC2(C1)C(=O)N(Cc1nc3c(n1CCCCO)CCCC3)c1ccc(Br)cc12.CCOC(CN1C(=O)C2(CN(C(=O)OC(C)C)C2)c2cc(Br)ccc21)OCC. The third-order valence-corrected chi connectivity index (χ3v) is 21.1. The Bertz CT molecular complexity index is 3980. The maximum absolute atomic E-state index is 13.9. The number of aryl methyl sites for hydroxylation is 1. The van der Waals surface area contributed by atoms with E-state index in [4.69, 9.17) is 33.4 Å². The van der Waals surface area contributed by atoms with Gasteiger partial charge in [0.05, 0.1) is 43.7 Å². The predicted octanol–water partition coefficient (Wildman–Crippen LogP) is 11.1. The van der Waals surface area contributed by atoms with Crippen LogP contribution in [0.15, 0.2) is 92.3 Å². The minimum atomic E-state index is -0.738. The number of benzene rings is 4. The lowest BCUT2D eigenvalue weighted by molar-refractivity contribution is -0.139. The largest absolute Gasteiger partial charge is 0.450 e. The van der Waals surface area contributed by atoms with Crippen LogP contribution in [0.5, 0.6) is 0 Å². The van der Waals surface area contributed by atoms with Crippen LogP contribution >= 0.6 is 47.8 Å². The van der Waals surface area contributed by atoms with Crippen LogP contribution in [-0.2, 0) is 95.2 Å². The second-order valence-electron chi connectivity index (χ2n) is 27.6. The van der Waals surface area contributed by atoms with Gasteiger partial charge in [-0.3, -0.25) is 19.2 Å². The number of imidazole rings is 1. The summed E-state index contributed by atoms with van der Waals surface area (Å²) in [5.41, 5.74) is 6.99. The Morgan fingerprint density at radius 2 is 0.980 bits per heavy atom. The van der Waals surface area contributed by atoms with E-state index in [9.17, 15) is 43.5 Å². The zero-order valence-electron chi connectivity index (χ0n) is 58.5. The number of anilines is 4. The minimum Gasteiger partial charge on any atom is -0.450 e. The second-order valence-corrected chi connectivity index (χ2v) is 30.3. The average Bonchev–Trinajstić information content (AvgIpc) is 1.58. The number of aromatic nitrogens is 2.